The molecule has 0 saturated heterocycles. The van der Waals surface area contributed by atoms with Gasteiger partial charge in [-0.2, -0.15) is 0 Å². The highest BCUT2D eigenvalue weighted by molar-refractivity contribution is 5.94. The van der Waals surface area contributed by atoms with E-state index in [-0.39, 0.29) is 18.1 Å². The quantitative estimate of drug-likeness (QED) is 0.660. The highest BCUT2D eigenvalue weighted by Gasteiger charge is 2.09. The number of nitrogens with one attached hydrogen (secondary N) is 2. The summed E-state index contributed by atoms with van der Waals surface area (Å²) in [5.74, 6) is 0.116. The zero-order valence-electron chi connectivity index (χ0n) is 14.3. The lowest BCUT2D eigenvalue weighted by Crippen LogP contribution is -2.38. The van der Waals surface area contributed by atoms with Gasteiger partial charge in [0.15, 0.2) is 0 Å². The van der Waals surface area contributed by atoms with E-state index in [1.807, 2.05) is 35.0 Å². The minimum atomic E-state index is -0.434. The topological polar surface area (TPSA) is 98.1 Å². The Kier molecular flexibility index (Phi) is 5.43. The summed E-state index contributed by atoms with van der Waals surface area (Å²) in [6.07, 6.45) is 6.20. The maximum atomic E-state index is 11.9. The molecule has 3 aromatic rings. The fourth-order valence-corrected chi connectivity index (χ4v) is 2.61. The normalized spacial score (nSPS) is 10.5. The highest BCUT2D eigenvalue weighted by Crippen LogP contribution is 2.25. The highest BCUT2D eigenvalue weighted by atomic mass is 16.5. The Balaban J connectivity index is 1.48. The Morgan fingerprint density at radius 1 is 1.19 bits per heavy atom. The molecule has 8 nitrogen and oxygen atoms in total. The minimum absolute atomic E-state index is 0.115. The number of hydrogen-bond donors (Lipinski definition) is 2. The second-order valence-corrected chi connectivity index (χ2v) is 5.53. The molecule has 134 valence electrons. The first-order valence-electron chi connectivity index (χ1n) is 8.12. The van der Waals surface area contributed by atoms with Gasteiger partial charge >= 0.3 is 0 Å². The summed E-state index contributed by atoms with van der Waals surface area (Å²) in [6.45, 7) is 0.941. The van der Waals surface area contributed by atoms with Crippen LogP contribution in [0.15, 0.2) is 49.1 Å². The third-order valence-corrected chi connectivity index (χ3v) is 3.87. The molecule has 26 heavy (non-hydrogen) atoms. The van der Waals surface area contributed by atoms with Gasteiger partial charge in [-0.3, -0.25) is 14.6 Å². The van der Waals surface area contributed by atoms with Gasteiger partial charge in [-0.1, -0.05) is 6.07 Å². The van der Waals surface area contributed by atoms with Gasteiger partial charge in [-0.05, 0) is 18.2 Å². The maximum Gasteiger partial charge on any atom is 0.271 e. The number of carbonyl (C=O) groups is 2. The van der Waals surface area contributed by atoms with Crippen molar-refractivity contribution < 1.29 is 14.3 Å². The summed E-state index contributed by atoms with van der Waals surface area (Å²) in [5, 5.41) is 6.32. The minimum Gasteiger partial charge on any atom is -0.496 e. The van der Waals surface area contributed by atoms with Crippen LogP contribution in [0.2, 0.25) is 0 Å². The number of hydrogen-bond acceptors (Lipinski definition) is 5. The molecule has 1 aromatic carbocycles. The molecule has 2 heterocycles. The largest absolute Gasteiger partial charge is 0.496 e. The molecule has 0 spiro atoms. The number of ether oxygens (including phenoxy) is 1. The monoisotopic (exact) mass is 353 g/mol. The molecule has 0 aliphatic heterocycles. The number of amides is 2. The Morgan fingerprint density at radius 2 is 2.08 bits per heavy atom. The van der Waals surface area contributed by atoms with Gasteiger partial charge in [-0.25, -0.2) is 4.98 Å². The maximum absolute atomic E-state index is 11.9. The van der Waals surface area contributed by atoms with Gasteiger partial charge in [0.25, 0.3) is 5.91 Å². The average Bonchev–Trinajstić information content (AvgIpc) is 3.10. The van der Waals surface area contributed by atoms with Gasteiger partial charge in [0.2, 0.25) is 5.91 Å². The number of rotatable bonds is 7. The molecule has 0 atom stereocenters. The van der Waals surface area contributed by atoms with Crippen molar-refractivity contribution in [2.24, 2.45) is 0 Å². The molecule has 2 N–H and O–H groups in total. The third kappa shape index (κ3) is 3.97. The van der Waals surface area contributed by atoms with Crippen molar-refractivity contribution in [3.63, 3.8) is 0 Å². The number of carbonyl (C=O) groups excluding carboxylic acids is 2. The Labute approximate surface area is 150 Å². The van der Waals surface area contributed by atoms with Gasteiger partial charge in [-0.15, -0.1) is 0 Å². The van der Waals surface area contributed by atoms with Gasteiger partial charge in [0.05, 0.1) is 25.4 Å². The van der Waals surface area contributed by atoms with Crippen LogP contribution in [0.3, 0.4) is 0 Å². The number of nitrogens with zero attached hydrogens (tertiary/aromatic N) is 3. The van der Waals surface area contributed by atoms with Crippen molar-refractivity contribution in [2.45, 2.75) is 6.54 Å². The van der Waals surface area contributed by atoms with E-state index < -0.39 is 5.91 Å². The fourth-order valence-electron chi connectivity index (χ4n) is 2.61. The Hall–Kier alpha value is -3.42. The van der Waals surface area contributed by atoms with E-state index in [0.717, 1.165) is 16.7 Å². The summed E-state index contributed by atoms with van der Waals surface area (Å²) in [6, 6.07) is 7.82. The lowest BCUT2D eigenvalue weighted by atomic mass is 10.2. The number of methoxy groups -OCH3 is 1. The van der Waals surface area contributed by atoms with E-state index in [9.17, 15) is 9.59 Å². The van der Waals surface area contributed by atoms with Crippen molar-refractivity contribution >= 4 is 22.7 Å². The number of fused-ring (bicyclic) bond motifs is 1. The summed E-state index contributed by atoms with van der Waals surface area (Å²) >= 11 is 0. The van der Waals surface area contributed by atoms with Crippen LogP contribution in [0.25, 0.3) is 10.9 Å². The summed E-state index contributed by atoms with van der Waals surface area (Å²) in [7, 11) is 1.64. The SMILES string of the molecule is COc1cccc2c1ccn2CCNC(=O)CNC(=O)c1cnccn1. The van der Waals surface area contributed by atoms with Crippen LogP contribution in [0, 0.1) is 0 Å². The van der Waals surface area contributed by atoms with Gasteiger partial charge in [0, 0.05) is 37.1 Å². The molecule has 0 aliphatic carbocycles. The first-order chi connectivity index (χ1) is 12.7. The molecule has 0 unspecified atom stereocenters. The van der Waals surface area contributed by atoms with Gasteiger partial charge in [0.1, 0.15) is 11.4 Å². The fraction of sp³-hybridized carbons (Fsp3) is 0.222. The van der Waals surface area contributed by atoms with Crippen molar-refractivity contribution in [3.8, 4) is 5.75 Å². The summed E-state index contributed by atoms with van der Waals surface area (Å²) in [4.78, 5) is 31.4. The zero-order valence-corrected chi connectivity index (χ0v) is 14.3. The molecule has 2 amide bonds. The van der Waals surface area contributed by atoms with E-state index >= 15 is 0 Å². The van der Waals surface area contributed by atoms with Crippen LogP contribution in [0.4, 0.5) is 0 Å². The predicted molar refractivity (Wildman–Crippen MR) is 95.9 cm³/mol. The van der Waals surface area contributed by atoms with E-state index in [1.54, 1.807) is 7.11 Å². The van der Waals surface area contributed by atoms with E-state index in [1.165, 1.54) is 18.6 Å². The average molecular weight is 353 g/mol. The lowest BCUT2D eigenvalue weighted by molar-refractivity contribution is -0.120. The summed E-state index contributed by atoms with van der Waals surface area (Å²) in [5.41, 5.74) is 1.21. The third-order valence-electron chi connectivity index (χ3n) is 3.87. The molecular formula is C18H19N5O3. The molecule has 0 fully saturated rings. The van der Waals surface area contributed by atoms with Crippen LogP contribution in [-0.2, 0) is 11.3 Å². The molecule has 8 heteroatoms. The molecule has 0 radical (unpaired) electrons. The van der Waals surface area contributed by atoms with Crippen molar-refractivity contribution in [3.05, 3.63) is 54.7 Å². The van der Waals surface area contributed by atoms with Crippen LogP contribution >= 0.6 is 0 Å². The second-order valence-electron chi connectivity index (χ2n) is 5.53. The van der Waals surface area contributed by atoms with Crippen molar-refractivity contribution in [1.29, 1.82) is 0 Å². The molecule has 2 aromatic heterocycles. The number of benzene rings is 1. The molecule has 0 aliphatic rings. The molecule has 3 rings (SSSR count). The Morgan fingerprint density at radius 3 is 2.85 bits per heavy atom. The van der Waals surface area contributed by atoms with Crippen LogP contribution in [0.1, 0.15) is 10.5 Å². The summed E-state index contributed by atoms with van der Waals surface area (Å²) < 4.78 is 7.38. The van der Waals surface area contributed by atoms with Crippen LogP contribution < -0.4 is 15.4 Å². The van der Waals surface area contributed by atoms with Gasteiger partial charge < -0.3 is 19.9 Å². The second kappa shape index (κ2) is 8.11. The van der Waals surface area contributed by atoms with Crippen molar-refractivity contribution in [2.75, 3.05) is 20.2 Å². The first-order valence-corrected chi connectivity index (χ1v) is 8.12. The molecular weight excluding hydrogens is 334 g/mol. The zero-order chi connectivity index (χ0) is 18.4. The van der Waals surface area contributed by atoms with E-state index in [2.05, 4.69) is 20.6 Å². The van der Waals surface area contributed by atoms with Crippen LogP contribution in [-0.4, -0.2) is 46.5 Å². The van der Waals surface area contributed by atoms with Crippen molar-refractivity contribution in [1.82, 2.24) is 25.2 Å². The smallest absolute Gasteiger partial charge is 0.271 e. The molecule has 0 bridgehead atoms. The standard InChI is InChI=1S/C18H19N5O3/c1-26-16-4-2-3-15-13(16)5-9-23(15)10-8-21-17(24)12-22-18(25)14-11-19-6-7-20-14/h2-7,9,11H,8,10,12H2,1H3,(H,21,24)(H,22,25). The lowest BCUT2D eigenvalue weighted by Gasteiger charge is -2.09. The van der Waals surface area contributed by atoms with E-state index in [4.69, 9.17) is 4.74 Å². The van der Waals surface area contributed by atoms with Crippen LogP contribution in [0.5, 0.6) is 5.75 Å². The first kappa shape index (κ1) is 17.4. The molecule has 0 saturated carbocycles. The number of aromatic nitrogens is 3. The van der Waals surface area contributed by atoms with E-state index in [0.29, 0.717) is 13.1 Å². The Bertz CT molecular complexity index is 908. The predicted octanol–water partition coefficient (Wildman–Crippen LogP) is 0.986.